The Morgan fingerprint density at radius 3 is 1.52 bits per heavy atom. The molecular weight excluding hydrogens is 522 g/mol. The van der Waals surface area contributed by atoms with E-state index >= 15 is 0 Å². The van der Waals surface area contributed by atoms with Gasteiger partial charge < -0.3 is 30.1 Å². The number of carboxylic acids is 3. The first kappa shape index (κ1) is 37.5. The summed E-state index contributed by atoms with van der Waals surface area (Å²) in [5.41, 5.74) is 0. The first-order chi connectivity index (χ1) is 19.2. The molecule has 0 aromatic rings. The van der Waals surface area contributed by atoms with E-state index in [4.69, 9.17) is 19.7 Å². The highest BCUT2D eigenvalue weighted by Gasteiger charge is 2.20. The van der Waals surface area contributed by atoms with Crippen LogP contribution in [0, 0.1) is 0 Å². The van der Waals surface area contributed by atoms with Crippen molar-refractivity contribution in [1.29, 1.82) is 0 Å². The van der Waals surface area contributed by atoms with Gasteiger partial charge in [0.1, 0.15) is 18.4 Å². The van der Waals surface area contributed by atoms with Crippen molar-refractivity contribution in [3.8, 4) is 0 Å². The van der Waals surface area contributed by atoms with E-state index in [-0.39, 0.29) is 63.6 Å². The highest BCUT2D eigenvalue weighted by atomic mass is 16.5. The minimum Gasteiger partial charge on any atom is -0.481 e. The molecule has 0 aliphatic heterocycles. The number of carboxylic acid groups (broad SMARTS) is 3. The molecule has 0 rings (SSSR count). The molecule has 232 valence electrons. The Balaban J connectivity index is 3.68. The number of unbranched alkanes of at least 4 members (excludes halogenated alkanes) is 12. The molecule has 0 aromatic heterocycles. The standard InChI is InChI=1S/C29H51NO10/c31-24(15-14-20-39-21-22-40-23-28(35)36)18-19-25(29(37)38)30-26(32)16-12-10-8-6-4-2-1-3-5-7-9-11-13-17-27(33)34/h25H,1-23H2,(H,30,32)(H,33,34)(H,35,36)(H,37,38)/t25-/m0/s1. The summed E-state index contributed by atoms with van der Waals surface area (Å²) in [6.07, 6.45) is 15.3. The van der Waals surface area contributed by atoms with Gasteiger partial charge in [-0.3, -0.25) is 14.4 Å². The van der Waals surface area contributed by atoms with Crippen LogP contribution in [0.15, 0.2) is 0 Å². The average Bonchev–Trinajstić information content (AvgIpc) is 2.89. The molecule has 11 heteroatoms. The number of aliphatic carboxylic acids is 3. The highest BCUT2D eigenvalue weighted by Crippen LogP contribution is 2.13. The number of nitrogens with one attached hydrogen (secondary N) is 1. The fraction of sp³-hybridized carbons (Fsp3) is 0.828. The topological polar surface area (TPSA) is 177 Å². The zero-order valence-electron chi connectivity index (χ0n) is 24.0. The molecule has 4 N–H and O–H groups in total. The highest BCUT2D eigenvalue weighted by molar-refractivity contribution is 5.84. The van der Waals surface area contributed by atoms with E-state index in [2.05, 4.69) is 5.32 Å². The Kier molecular flexibility index (Phi) is 25.0. The molecule has 1 amide bonds. The summed E-state index contributed by atoms with van der Waals surface area (Å²) in [4.78, 5) is 56.4. The van der Waals surface area contributed by atoms with Crippen molar-refractivity contribution in [1.82, 2.24) is 5.32 Å². The van der Waals surface area contributed by atoms with Crippen LogP contribution in [-0.2, 0) is 33.4 Å². The molecular formula is C29H51NO10. The van der Waals surface area contributed by atoms with Gasteiger partial charge in [-0.05, 0) is 25.7 Å². The van der Waals surface area contributed by atoms with Gasteiger partial charge in [-0.1, -0.05) is 70.6 Å². The summed E-state index contributed by atoms with van der Waals surface area (Å²) in [7, 11) is 0. The van der Waals surface area contributed by atoms with Crippen molar-refractivity contribution in [2.75, 3.05) is 26.4 Å². The van der Waals surface area contributed by atoms with Crippen LogP contribution in [0.4, 0.5) is 0 Å². The number of carbonyl (C=O) groups excluding carboxylic acids is 2. The molecule has 0 saturated carbocycles. The van der Waals surface area contributed by atoms with Crippen LogP contribution in [0.5, 0.6) is 0 Å². The maximum Gasteiger partial charge on any atom is 0.329 e. The second-order valence-electron chi connectivity index (χ2n) is 10.2. The molecule has 40 heavy (non-hydrogen) atoms. The van der Waals surface area contributed by atoms with E-state index in [9.17, 15) is 29.1 Å². The van der Waals surface area contributed by atoms with Crippen molar-refractivity contribution < 1.29 is 48.8 Å². The Morgan fingerprint density at radius 1 is 0.525 bits per heavy atom. The monoisotopic (exact) mass is 573 g/mol. The van der Waals surface area contributed by atoms with Crippen molar-refractivity contribution in [3.05, 3.63) is 0 Å². The SMILES string of the molecule is O=C(O)CCCCCCCCCCCCCCCC(=O)N[C@@H](CCC(=O)CCCOCCOCC(=O)O)C(=O)O. The van der Waals surface area contributed by atoms with E-state index in [1.165, 1.54) is 38.5 Å². The lowest BCUT2D eigenvalue weighted by atomic mass is 10.0. The second-order valence-corrected chi connectivity index (χ2v) is 10.2. The van der Waals surface area contributed by atoms with E-state index in [1.807, 2.05) is 0 Å². The minimum absolute atomic E-state index is 0.0501. The van der Waals surface area contributed by atoms with Crippen LogP contribution < -0.4 is 5.32 Å². The van der Waals surface area contributed by atoms with Crippen molar-refractivity contribution in [2.24, 2.45) is 0 Å². The Hall–Kier alpha value is -2.53. The van der Waals surface area contributed by atoms with E-state index < -0.39 is 23.9 Å². The van der Waals surface area contributed by atoms with Gasteiger partial charge in [0.05, 0.1) is 13.2 Å². The Morgan fingerprint density at radius 2 is 1.02 bits per heavy atom. The summed E-state index contributed by atoms with van der Waals surface area (Å²) in [6, 6.07) is -1.08. The van der Waals surface area contributed by atoms with Crippen LogP contribution in [0.3, 0.4) is 0 Å². The molecule has 0 unspecified atom stereocenters. The van der Waals surface area contributed by atoms with Crippen molar-refractivity contribution in [2.45, 2.75) is 128 Å². The van der Waals surface area contributed by atoms with Gasteiger partial charge in [-0.25, -0.2) is 9.59 Å². The fourth-order valence-corrected chi connectivity index (χ4v) is 4.21. The lowest BCUT2D eigenvalue weighted by Gasteiger charge is -2.14. The number of hydrogen-bond donors (Lipinski definition) is 4. The number of hydrogen-bond acceptors (Lipinski definition) is 7. The average molecular weight is 574 g/mol. The second kappa shape index (κ2) is 26.7. The quantitative estimate of drug-likeness (QED) is 0.0878. The molecule has 0 bridgehead atoms. The number of Topliss-reactive ketones (excluding diaryl/α,β-unsaturated/α-hetero) is 1. The van der Waals surface area contributed by atoms with Crippen molar-refractivity contribution >= 4 is 29.6 Å². The molecule has 0 spiro atoms. The minimum atomic E-state index is -1.15. The third-order valence-corrected chi connectivity index (χ3v) is 6.48. The smallest absolute Gasteiger partial charge is 0.329 e. The largest absolute Gasteiger partial charge is 0.481 e. The number of amides is 1. The van der Waals surface area contributed by atoms with Gasteiger partial charge in [0.25, 0.3) is 0 Å². The number of ether oxygens (including phenoxy) is 2. The molecule has 0 fully saturated rings. The van der Waals surface area contributed by atoms with Gasteiger partial charge in [-0.2, -0.15) is 0 Å². The van der Waals surface area contributed by atoms with E-state index in [0.717, 1.165) is 38.5 Å². The first-order valence-corrected chi connectivity index (χ1v) is 14.8. The van der Waals surface area contributed by atoms with Gasteiger partial charge in [-0.15, -0.1) is 0 Å². The molecule has 0 heterocycles. The number of rotatable bonds is 30. The lowest BCUT2D eigenvalue weighted by molar-refractivity contribution is -0.143. The summed E-state index contributed by atoms with van der Waals surface area (Å²) in [6.45, 7) is 0.323. The molecule has 11 nitrogen and oxygen atoms in total. The predicted molar refractivity (Wildman–Crippen MR) is 149 cm³/mol. The van der Waals surface area contributed by atoms with Crippen LogP contribution in [-0.4, -0.2) is 77.4 Å². The van der Waals surface area contributed by atoms with Crippen LogP contribution in [0.25, 0.3) is 0 Å². The summed E-state index contributed by atoms with van der Waals surface area (Å²) >= 11 is 0. The first-order valence-electron chi connectivity index (χ1n) is 14.8. The normalized spacial score (nSPS) is 11.7. The molecule has 1 atom stereocenters. The van der Waals surface area contributed by atoms with Crippen LogP contribution in [0.1, 0.15) is 122 Å². The summed E-state index contributed by atoms with van der Waals surface area (Å²) in [5, 5.41) is 29.0. The summed E-state index contributed by atoms with van der Waals surface area (Å²) in [5.74, 6) is -3.32. The van der Waals surface area contributed by atoms with Gasteiger partial charge in [0.2, 0.25) is 5.91 Å². The molecule has 0 saturated heterocycles. The lowest BCUT2D eigenvalue weighted by Crippen LogP contribution is -2.41. The molecule has 0 aliphatic rings. The number of ketones is 1. The van der Waals surface area contributed by atoms with E-state index in [1.54, 1.807) is 0 Å². The zero-order chi connectivity index (χ0) is 29.8. The van der Waals surface area contributed by atoms with Crippen LogP contribution in [0.2, 0.25) is 0 Å². The third kappa shape index (κ3) is 27.1. The fourth-order valence-electron chi connectivity index (χ4n) is 4.21. The van der Waals surface area contributed by atoms with Gasteiger partial charge >= 0.3 is 17.9 Å². The van der Waals surface area contributed by atoms with E-state index in [0.29, 0.717) is 19.4 Å². The Bertz CT molecular complexity index is 713. The predicted octanol–water partition coefficient (Wildman–Crippen LogP) is 4.74. The van der Waals surface area contributed by atoms with Crippen LogP contribution >= 0.6 is 0 Å². The molecule has 0 aliphatic carbocycles. The molecule has 0 radical (unpaired) electrons. The van der Waals surface area contributed by atoms with Crippen molar-refractivity contribution in [3.63, 3.8) is 0 Å². The maximum atomic E-state index is 12.2. The maximum absolute atomic E-state index is 12.2. The Labute approximate surface area is 238 Å². The summed E-state index contributed by atoms with van der Waals surface area (Å²) < 4.78 is 10.1. The zero-order valence-corrected chi connectivity index (χ0v) is 24.0. The van der Waals surface area contributed by atoms with Gasteiger partial charge in [0.15, 0.2) is 0 Å². The van der Waals surface area contributed by atoms with Gasteiger partial charge in [0, 0.05) is 32.3 Å². The third-order valence-electron chi connectivity index (χ3n) is 6.48. The molecule has 0 aromatic carbocycles. The number of carbonyl (C=O) groups is 5.